The Kier molecular flexibility index (Phi) is 5.26. The summed E-state index contributed by atoms with van der Waals surface area (Å²) < 4.78 is 0. The first-order valence-corrected chi connectivity index (χ1v) is 6.58. The topological polar surface area (TPSA) is 46.3 Å². The molecule has 0 spiro atoms. The van der Waals surface area contributed by atoms with Crippen molar-refractivity contribution in [3.05, 3.63) is 0 Å². The summed E-state index contributed by atoms with van der Waals surface area (Å²) in [6, 6.07) is 0.0697. The maximum absolute atomic E-state index is 12.3. The van der Waals surface area contributed by atoms with Crippen molar-refractivity contribution in [1.82, 2.24) is 4.90 Å². The van der Waals surface area contributed by atoms with E-state index in [0.29, 0.717) is 5.92 Å². The van der Waals surface area contributed by atoms with Gasteiger partial charge in [0.1, 0.15) is 0 Å². The van der Waals surface area contributed by atoms with Crippen LogP contribution >= 0.6 is 0 Å². The zero-order valence-electron chi connectivity index (χ0n) is 10.9. The number of unbranched alkanes of at least 4 members (excludes halogenated alkanes) is 1. The molecule has 0 aromatic carbocycles. The molecule has 94 valence electrons. The average Bonchev–Trinajstić information content (AvgIpc) is 2.25. The van der Waals surface area contributed by atoms with Crippen molar-refractivity contribution >= 4 is 5.91 Å². The Morgan fingerprint density at radius 3 is 2.69 bits per heavy atom. The van der Waals surface area contributed by atoms with E-state index < -0.39 is 0 Å². The van der Waals surface area contributed by atoms with E-state index in [9.17, 15) is 4.79 Å². The van der Waals surface area contributed by atoms with Crippen molar-refractivity contribution in [3.8, 4) is 0 Å². The van der Waals surface area contributed by atoms with E-state index in [4.69, 9.17) is 5.73 Å². The van der Waals surface area contributed by atoms with Gasteiger partial charge < -0.3 is 10.6 Å². The van der Waals surface area contributed by atoms with Gasteiger partial charge in [-0.1, -0.05) is 26.7 Å². The molecule has 3 heteroatoms. The minimum atomic E-state index is 0.0515. The minimum absolute atomic E-state index is 0.0515. The van der Waals surface area contributed by atoms with Gasteiger partial charge in [0.15, 0.2) is 0 Å². The highest BCUT2D eigenvalue weighted by atomic mass is 16.2. The molecule has 16 heavy (non-hydrogen) atoms. The van der Waals surface area contributed by atoms with Gasteiger partial charge in [-0.25, -0.2) is 0 Å². The summed E-state index contributed by atoms with van der Waals surface area (Å²) in [5, 5.41) is 0. The molecule has 0 bridgehead atoms. The normalized spacial score (nSPS) is 30.1. The summed E-state index contributed by atoms with van der Waals surface area (Å²) in [7, 11) is 1.91. The lowest BCUT2D eigenvalue weighted by Gasteiger charge is -2.35. The van der Waals surface area contributed by atoms with E-state index in [1.807, 2.05) is 11.9 Å². The van der Waals surface area contributed by atoms with Crippen LogP contribution in [0.1, 0.15) is 46.0 Å². The molecule has 3 unspecified atom stereocenters. The van der Waals surface area contributed by atoms with Gasteiger partial charge in [0.05, 0.1) is 5.92 Å². The zero-order valence-corrected chi connectivity index (χ0v) is 10.9. The van der Waals surface area contributed by atoms with Crippen LogP contribution in [0.25, 0.3) is 0 Å². The molecule has 1 aliphatic carbocycles. The Labute approximate surface area is 99.4 Å². The SMILES string of the molecule is CCCCN(C)C(=O)C1C(C)CCCC1N. The lowest BCUT2D eigenvalue weighted by atomic mass is 9.76. The number of amides is 1. The third-order valence-corrected chi connectivity index (χ3v) is 3.78. The van der Waals surface area contributed by atoms with Crippen LogP contribution in [-0.4, -0.2) is 30.4 Å². The fraction of sp³-hybridized carbons (Fsp3) is 0.923. The third kappa shape index (κ3) is 3.21. The Morgan fingerprint density at radius 2 is 2.12 bits per heavy atom. The number of carbonyl (C=O) groups is 1. The average molecular weight is 226 g/mol. The van der Waals surface area contributed by atoms with Crippen LogP contribution in [0.2, 0.25) is 0 Å². The summed E-state index contributed by atoms with van der Waals surface area (Å²) in [5.74, 6) is 0.754. The summed E-state index contributed by atoms with van der Waals surface area (Å²) in [6.45, 7) is 5.17. The molecule has 1 saturated carbocycles. The van der Waals surface area contributed by atoms with Crippen LogP contribution in [0.5, 0.6) is 0 Å². The second-order valence-corrected chi connectivity index (χ2v) is 5.21. The van der Waals surface area contributed by atoms with Crippen molar-refractivity contribution in [2.75, 3.05) is 13.6 Å². The number of rotatable bonds is 4. The van der Waals surface area contributed by atoms with Crippen molar-refractivity contribution in [3.63, 3.8) is 0 Å². The smallest absolute Gasteiger partial charge is 0.227 e. The molecule has 0 aromatic rings. The fourth-order valence-electron chi connectivity index (χ4n) is 2.64. The molecule has 3 atom stereocenters. The van der Waals surface area contributed by atoms with Gasteiger partial charge in [0.25, 0.3) is 0 Å². The molecule has 0 radical (unpaired) electrons. The number of hydrogen-bond acceptors (Lipinski definition) is 2. The Hall–Kier alpha value is -0.570. The first kappa shape index (κ1) is 13.5. The first-order valence-electron chi connectivity index (χ1n) is 6.58. The highest BCUT2D eigenvalue weighted by Crippen LogP contribution is 2.30. The van der Waals surface area contributed by atoms with Crippen LogP contribution in [0.3, 0.4) is 0 Å². The van der Waals surface area contributed by atoms with E-state index in [2.05, 4.69) is 13.8 Å². The number of nitrogens with zero attached hydrogens (tertiary/aromatic N) is 1. The maximum Gasteiger partial charge on any atom is 0.227 e. The minimum Gasteiger partial charge on any atom is -0.345 e. The third-order valence-electron chi connectivity index (χ3n) is 3.78. The standard InChI is InChI=1S/C13H26N2O/c1-4-5-9-15(3)13(16)12-10(2)7-6-8-11(12)14/h10-12H,4-9,14H2,1-3H3. The first-order chi connectivity index (χ1) is 7.57. The lowest BCUT2D eigenvalue weighted by Crippen LogP contribution is -2.48. The molecule has 0 heterocycles. The van der Waals surface area contributed by atoms with Gasteiger partial charge in [-0.15, -0.1) is 0 Å². The molecular weight excluding hydrogens is 200 g/mol. The zero-order chi connectivity index (χ0) is 12.1. The second-order valence-electron chi connectivity index (χ2n) is 5.21. The van der Waals surface area contributed by atoms with E-state index in [0.717, 1.165) is 32.2 Å². The number of carbonyl (C=O) groups excluding carboxylic acids is 1. The molecule has 2 N–H and O–H groups in total. The van der Waals surface area contributed by atoms with Crippen molar-refractivity contribution in [2.24, 2.45) is 17.6 Å². The van der Waals surface area contributed by atoms with Crippen molar-refractivity contribution in [2.45, 2.75) is 52.0 Å². The largest absolute Gasteiger partial charge is 0.345 e. The highest BCUT2D eigenvalue weighted by Gasteiger charge is 2.35. The van der Waals surface area contributed by atoms with Crippen LogP contribution in [0.4, 0.5) is 0 Å². The van der Waals surface area contributed by atoms with Gasteiger partial charge in [0.2, 0.25) is 5.91 Å². The molecule has 1 aliphatic rings. The molecule has 1 rings (SSSR count). The van der Waals surface area contributed by atoms with Gasteiger partial charge in [-0.3, -0.25) is 4.79 Å². The number of hydrogen-bond donors (Lipinski definition) is 1. The van der Waals surface area contributed by atoms with Crippen molar-refractivity contribution in [1.29, 1.82) is 0 Å². The van der Waals surface area contributed by atoms with Gasteiger partial charge >= 0.3 is 0 Å². The summed E-state index contributed by atoms with van der Waals surface area (Å²) in [5.41, 5.74) is 6.09. The van der Waals surface area contributed by atoms with Gasteiger partial charge in [0, 0.05) is 19.6 Å². The molecule has 3 nitrogen and oxygen atoms in total. The maximum atomic E-state index is 12.3. The van der Waals surface area contributed by atoms with E-state index in [-0.39, 0.29) is 17.9 Å². The second kappa shape index (κ2) is 6.24. The van der Waals surface area contributed by atoms with E-state index in [1.165, 1.54) is 6.42 Å². The van der Waals surface area contributed by atoms with Gasteiger partial charge in [-0.2, -0.15) is 0 Å². The van der Waals surface area contributed by atoms with Crippen LogP contribution in [0, 0.1) is 11.8 Å². The quantitative estimate of drug-likeness (QED) is 0.797. The predicted molar refractivity (Wildman–Crippen MR) is 67.0 cm³/mol. The molecule has 1 amide bonds. The van der Waals surface area contributed by atoms with Crippen LogP contribution in [0.15, 0.2) is 0 Å². The van der Waals surface area contributed by atoms with Crippen molar-refractivity contribution < 1.29 is 4.79 Å². The molecular formula is C13H26N2O. The van der Waals surface area contributed by atoms with Crippen LogP contribution < -0.4 is 5.73 Å². The Morgan fingerprint density at radius 1 is 1.44 bits per heavy atom. The Balaban J connectivity index is 2.56. The summed E-state index contributed by atoms with van der Waals surface area (Å²) >= 11 is 0. The Bertz CT molecular complexity index is 220. The van der Waals surface area contributed by atoms with E-state index in [1.54, 1.807) is 0 Å². The number of nitrogens with two attached hydrogens (primary N) is 1. The predicted octanol–water partition coefficient (Wildman–Crippen LogP) is 2.01. The highest BCUT2D eigenvalue weighted by molar-refractivity contribution is 5.79. The molecule has 0 aliphatic heterocycles. The summed E-state index contributed by atoms with van der Waals surface area (Å²) in [6.07, 6.45) is 5.53. The molecule has 0 aromatic heterocycles. The van der Waals surface area contributed by atoms with E-state index >= 15 is 0 Å². The fourth-order valence-corrected chi connectivity index (χ4v) is 2.64. The summed E-state index contributed by atoms with van der Waals surface area (Å²) in [4.78, 5) is 14.1. The molecule has 0 saturated heterocycles. The molecule has 1 fully saturated rings. The lowest BCUT2D eigenvalue weighted by molar-refractivity contribution is -0.137. The monoisotopic (exact) mass is 226 g/mol. The van der Waals surface area contributed by atoms with Crippen LogP contribution in [-0.2, 0) is 4.79 Å². The van der Waals surface area contributed by atoms with Gasteiger partial charge in [-0.05, 0) is 25.2 Å².